The molecule has 1 amide bonds. The second-order valence-corrected chi connectivity index (χ2v) is 6.34. The highest BCUT2D eigenvalue weighted by Gasteiger charge is 2.32. The van der Waals surface area contributed by atoms with Gasteiger partial charge in [-0.25, -0.2) is 4.98 Å². The molecule has 4 heterocycles. The molecule has 1 fully saturated rings. The number of pyridine rings is 1. The van der Waals surface area contributed by atoms with Gasteiger partial charge in [-0.3, -0.25) is 4.79 Å². The first-order valence-electron chi connectivity index (χ1n) is 8.38. The van der Waals surface area contributed by atoms with Crippen molar-refractivity contribution in [2.45, 2.75) is 25.6 Å². The van der Waals surface area contributed by atoms with Crippen LogP contribution in [0.4, 0.5) is 0 Å². The molecule has 24 heavy (non-hydrogen) atoms. The lowest BCUT2D eigenvalue weighted by Gasteiger charge is -2.26. The number of fused-ring (bicyclic) bond motifs is 1. The van der Waals surface area contributed by atoms with Crippen molar-refractivity contribution < 1.29 is 14.3 Å². The Bertz CT molecular complexity index is 695. The van der Waals surface area contributed by atoms with E-state index in [1.54, 1.807) is 6.20 Å². The lowest BCUT2D eigenvalue weighted by Crippen LogP contribution is -2.41. The lowest BCUT2D eigenvalue weighted by atomic mass is 10.1. The van der Waals surface area contributed by atoms with E-state index in [9.17, 15) is 4.79 Å². The van der Waals surface area contributed by atoms with Gasteiger partial charge in [0.2, 0.25) is 11.8 Å². The SMILES string of the molecule is O=C([C@H]1CCOC1)N1Cc2cccn2C[C@@H](Oc2ccccn2)C1. The summed E-state index contributed by atoms with van der Waals surface area (Å²) in [5.74, 6) is 0.730. The van der Waals surface area contributed by atoms with Crippen LogP contribution in [0, 0.1) is 5.92 Å². The van der Waals surface area contributed by atoms with Gasteiger partial charge in [0.15, 0.2) is 0 Å². The molecule has 0 radical (unpaired) electrons. The Morgan fingerprint density at radius 3 is 3.00 bits per heavy atom. The number of hydrogen-bond donors (Lipinski definition) is 0. The predicted octanol–water partition coefficient (Wildman–Crippen LogP) is 1.71. The summed E-state index contributed by atoms with van der Waals surface area (Å²) in [5.41, 5.74) is 1.13. The molecule has 0 bridgehead atoms. The summed E-state index contributed by atoms with van der Waals surface area (Å²) in [7, 11) is 0. The van der Waals surface area contributed by atoms with Gasteiger partial charge in [0.05, 0.1) is 32.2 Å². The zero-order valence-corrected chi connectivity index (χ0v) is 13.5. The van der Waals surface area contributed by atoms with E-state index in [2.05, 4.69) is 15.6 Å². The molecule has 4 rings (SSSR count). The minimum absolute atomic E-state index is 0.0259. The molecule has 0 spiro atoms. The Labute approximate surface area is 141 Å². The number of rotatable bonds is 3. The summed E-state index contributed by atoms with van der Waals surface area (Å²) >= 11 is 0. The van der Waals surface area contributed by atoms with Crippen LogP contribution in [0.3, 0.4) is 0 Å². The molecular weight excluding hydrogens is 306 g/mol. The Hall–Kier alpha value is -2.34. The quantitative estimate of drug-likeness (QED) is 0.861. The van der Waals surface area contributed by atoms with Crippen LogP contribution in [0.2, 0.25) is 0 Å². The standard InChI is InChI=1S/C18H21N3O3/c22-18(14-6-9-23-13-14)21-10-15-4-3-8-20(15)11-16(12-21)24-17-5-1-2-7-19-17/h1-5,7-8,14,16H,6,9-13H2/t14-,16+/m0/s1. The molecule has 6 heteroatoms. The maximum absolute atomic E-state index is 12.8. The molecule has 1 saturated heterocycles. The summed E-state index contributed by atoms with van der Waals surface area (Å²) in [5, 5.41) is 0. The van der Waals surface area contributed by atoms with E-state index in [4.69, 9.17) is 9.47 Å². The third kappa shape index (κ3) is 3.14. The maximum atomic E-state index is 12.8. The molecule has 0 N–H and O–H groups in total. The van der Waals surface area contributed by atoms with E-state index < -0.39 is 0 Å². The number of carbonyl (C=O) groups is 1. The second-order valence-electron chi connectivity index (χ2n) is 6.34. The lowest BCUT2D eigenvalue weighted by molar-refractivity contribution is -0.137. The Morgan fingerprint density at radius 1 is 1.25 bits per heavy atom. The monoisotopic (exact) mass is 327 g/mol. The number of aromatic nitrogens is 2. The third-order valence-electron chi connectivity index (χ3n) is 4.62. The van der Waals surface area contributed by atoms with Crippen LogP contribution in [0.5, 0.6) is 5.88 Å². The highest BCUT2D eigenvalue weighted by Crippen LogP contribution is 2.22. The molecule has 2 aromatic heterocycles. The van der Waals surface area contributed by atoms with Crippen LogP contribution >= 0.6 is 0 Å². The van der Waals surface area contributed by atoms with Crippen molar-refractivity contribution in [2.24, 2.45) is 5.92 Å². The van der Waals surface area contributed by atoms with Crippen molar-refractivity contribution in [2.75, 3.05) is 19.8 Å². The Morgan fingerprint density at radius 2 is 2.21 bits per heavy atom. The summed E-state index contributed by atoms with van der Waals surface area (Å²) in [6.45, 7) is 3.10. The van der Waals surface area contributed by atoms with E-state index in [-0.39, 0.29) is 17.9 Å². The van der Waals surface area contributed by atoms with Crippen molar-refractivity contribution in [3.05, 3.63) is 48.4 Å². The average molecular weight is 327 g/mol. The van der Waals surface area contributed by atoms with Crippen LogP contribution in [0.1, 0.15) is 12.1 Å². The van der Waals surface area contributed by atoms with Gasteiger partial charge < -0.3 is 18.9 Å². The van der Waals surface area contributed by atoms with Gasteiger partial charge in [0.25, 0.3) is 0 Å². The van der Waals surface area contributed by atoms with Gasteiger partial charge in [-0.05, 0) is 24.6 Å². The first kappa shape index (κ1) is 15.2. The van der Waals surface area contributed by atoms with E-state index in [0.29, 0.717) is 38.7 Å². The molecule has 2 aromatic rings. The second kappa shape index (κ2) is 6.65. The van der Waals surface area contributed by atoms with Crippen molar-refractivity contribution in [1.29, 1.82) is 0 Å². The zero-order chi connectivity index (χ0) is 16.4. The van der Waals surface area contributed by atoms with Crippen LogP contribution in [-0.4, -0.2) is 46.2 Å². The third-order valence-corrected chi connectivity index (χ3v) is 4.62. The van der Waals surface area contributed by atoms with E-state index >= 15 is 0 Å². The fraction of sp³-hybridized carbons (Fsp3) is 0.444. The highest BCUT2D eigenvalue weighted by atomic mass is 16.5. The van der Waals surface area contributed by atoms with Crippen LogP contribution in [0.15, 0.2) is 42.7 Å². The van der Waals surface area contributed by atoms with E-state index in [1.165, 1.54) is 0 Å². The summed E-state index contributed by atoms with van der Waals surface area (Å²) in [6.07, 6.45) is 4.44. The molecule has 2 aliphatic rings. The van der Waals surface area contributed by atoms with E-state index in [0.717, 1.165) is 12.1 Å². The molecule has 2 aliphatic heterocycles. The van der Waals surface area contributed by atoms with Gasteiger partial charge >= 0.3 is 0 Å². The van der Waals surface area contributed by atoms with Crippen molar-refractivity contribution in [1.82, 2.24) is 14.5 Å². The number of nitrogens with zero attached hydrogens (tertiary/aromatic N) is 3. The minimum atomic E-state index is -0.125. The van der Waals surface area contributed by atoms with Crippen molar-refractivity contribution in [3.8, 4) is 5.88 Å². The molecule has 6 nitrogen and oxygen atoms in total. The molecule has 2 atom stereocenters. The minimum Gasteiger partial charge on any atom is -0.471 e. The van der Waals surface area contributed by atoms with Crippen LogP contribution < -0.4 is 4.74 Å². The fourth-order valence-electron chi connectivity index (χ4n) is 3.37. The van der Waals surface area contributed by atoms with Crippen LogP contribution in [0.25, 0.3) is 0 Å². The fourth-order valence-corrected chi connectivity index (χ4v) is 3.37. The number of hydrogen-bond acceptors (Lipinski definition) is 4. The topological polar surface area (TPSA) is 56.6 Å². The van der Waals surface area contributed by atoms with E-state index in [1.807, 2.05) is 35.4 Å². The first-order valence-corrected chi connectivity index (χ1v) is 8.38. The molecule has 0 aromatic carbocycles. The van der Waals surface area contributed by atoms with Gasteiger partial charge in [-0.1, -0.05) is 6.07 Å². The highest BCUT2D eigenvalue weighted by molar-refractivity contribution is 5.79. The predicted molar refractivity (Wildman–Crippen MR) is 87.4 cm³/mol. The normalized spacial score (nSPS) is 23.6. The molecule has 0 unspecified atom stereocenters. The van der Waals surface area contributed by atoms with Crippen LogP contribution in [-0.2, 0) is 22.6 Å². The largest absolute Gasteiger partial charge is 0.471 e. The Balaban J connectivity index is 1.55. The van der Waals surface area contributed by atoms with Crippen molar-refractivity contribution >= 4 is 5.91 Å². The average Bonchev–Trinajstić information content (AvgIpc) is 3.24. The summed E-state index contributed by atoms with van der Waals surface area (Å²) in [4.78, 5) is 19.0. The Kier molecular flexibility index (Phi) is 4.21. The number of ether oxygens (including phenoxy) is 2. The number of carbonyl (C=O) groups excluding carboxylic acids is 1. The molecular formula is C18H21N3O3. The molecule has 0 aliphatic carbocycles. The zero-order valence-electron chi connectivity index (χ0n) is 13.5. The molecule has 0 saturated carbocycles. The van der Waals surface area contributed by atoms with Crippen molar-refractivity contribution in [3.63, 3.8) is 0 Å². The first-order chi connectivity index (χ1) is 11.8. The smallest absolute Gasteiger partial charge is 0.228 e. The van der Waals surface area contributed by atoms with Gasteiger partial charge in [0.1, 0.15) is 6.10 Å². The number of amides is 1. The molecule has 126 valence electrons. The summed E-state index contributed by atoms with van der Waals surface area (Å²) in [6, 6.07) is 9.69. The van der Waals surface area contributed by atoms with Gasteiger partial charge in [-0.2, -0.15) is 0 Å². The van der Waals surface area contributed by atoms with Gasteiger partial charge in [0, 0.05) is 30.8 Å². The maximum Gasteiger partial charge on any atom is 0.228 e. The van der Waals surface area contributed by atoms with Gasteiger partial charge in [-0.15, -0.1) is 0 Å². The summed E-state index contributed by atoms with van der Waals surface area (Å²) < 4.78 is 13.6.